The molecule has 2 aromatic carbocycles. The number of fused-ring (bicyclic) bond motifs is 1. The fourth-order valence-electron chi connectivity index (χ4n) is 3.45. The summed E-state index contributed by atoms with van der Waals surface area (Å²) in [6, 6.07) is 16.5. The molecule has 1 aliphatic heterocycles. The number of carbonyl (C=O) groups is 1. The Hall–Kier alpha value is -2.55. The topological polar surface area (TPSA) is 41.1 Å². The van der Waals surface area contributed by atoms with Crippen molar-refractivity contribution in [3.63, 3.8) is 0 Å². The molecule has 4 rings (SSSR count). The van der Waals surface area contributed by atoms with Gasteiger partial charge in [-0.25, -0.2) is 0 Å². The second-order valence-electron chi connectivity index (χ2n) is 6.33. The lowest BCUT2D eigenvalue weighted by Gasteiger charge is -2.25. The van der Waals surface area contributed by atoms with E-state index < -0.39 is 0 Å². The van der Waals surface area contributed by atoms with E-state index in [1.54, 1.807) is 0 Å². The Kier molecular flexibility index (Phi) is 3.41. The molecule has 3 nitrogen and oxygen atoms in total. The summed E-state index contributed by atoms with van der Waals surface area (Å²) in [5.41, 5.74) is 6.42. The third-order valence-corrected chi connectivity index (χ3v) is 4.67. The lowest BCUT2D eigenvalue weighted by atomic mass is 9.86. The van der Waals surface area contributed by atoms with Gasteiger partial charge in [0.1, 0.15) is 0 Å². The van der Waals surface area contributed by atoms with E-state index in [0.717, 1.165) is 41.1 Å². The lowest BCUT2D eigenvalue weighted by Crippen LogP contribution is -2.23. The van der Waals surface area contributed by atoms with Gasteiger partial charge in [0.25, 0.3) is 0 Å². The summed E-state index contributed by atoms with van der Waals surface area (Å²) in [6.07, 6.45) is 2.49. The molecule has 0 saturated carbocycles. The van der Waals surface area contributed by atoms with Crippen molar-refractivity contribution in [3.8, 4) is 0 Å². The second-order valence-corrected chi connectivity index (χ2v) is 6.33. The van der Waals surface area contributed by atoms with Crippen molar-refractivity contribution in [3.05, 3.63) is 70.9 Å². The number of carbonyl (C=O) groups excluding carboxylic acids is 1. The minimum Gasteiger partial charge on any atom is -0.372 e. The van der Waals surface area contributed by atoms with E-state index in [9.17, 15) is 4.79 Å². The molecule has 2 aromatic rings. The molecular weight excluding hydrogens is 284 g/mol. The first-order valence-electron chi connectivity index (χ1n) is 8.18. The molecule has 1 heterocycles. The van der Waals surface area contributed by atoms with Gasteiger partial charge in [-0.3, -0.25) is 4.79 Å². The number of rotatable bonds is 1. The van der Waals surface area contributed by atoms with Gasteiger partial charge in [0.2, 0.25) is 0 Å². The molecule has 0 saturated heterocycles. The molecule has 116 valence electrons. The molecule has 1 atom stereocenters. The molecule has 3 heteroatoms. The summed E-state index contributed by atoms with van der Waals surface area (Å²) in [6.45, 7) is 2.08. The van der Waals surface area contributed by atoms with E-state index in [1.165, 1.54) is 5.56 Å². The summed E-state index contributed by atoms with van der Waals surface area (Å²) < 4.78 is 0. The van der Waals surface area contributed by atoms with Crippen LogP contribution in [-0.4, -0.2) is 5.78 Å². The monoisotopic (exact) mass is 304 g/mol. The van der Waals surface area contributed by atoms with Crippen LogP contribution in [0.15, 0.2) is 59.8 Å². The van der Waals surface area contributed by atoms with Crippen LogP contribution in [0.4, 0.5) is 11.4 Å². The van der Waals surface area contributed by atoms with E-state index in [1.807, 2.05) is 12.1 Å². The molecule has 1 aliphatic carbocycles. The van der Waals surface area contributed by atoms with Gasteiger partial charge in [0, 0.05) is 17.7 Å². The van der Waals surface area contributed by atoms with E-state index in [0.29, 0.717) is 6.42 Å². The van der Waals surface area contributed by atoms with Crippen LogP contribution in [0.5, 0.6) is 0 Å². The van der Waals surface area contributed by atoms with Crippen molar-refractivity contribution in [2.24, 2.45) is 0 Å². The van der Waals surface area contributed by atoms with Gasteiger partial charge in [-0.1, -0.05) is 42.0 Å². The van der Waals surface area contributed by atoms with E-state index in [-0.39, 0.29) is 11.8 Å². The molecule has 0 bridgehead atoms. The number of aryl methyl sites for hydroxylation is 1. The van der Waals surface area contributed by atoms with Crippen LogP contribution in [0.1, 0.15) is 36.4 Å². The summed E-state index contributed by atoms with van der Waals surface area (Å²) in [4.78, 5) is 12.6. The Bertz CT molecular complexity index is 790. The van der Waals surface area contributed by atoms with Crippen LogP contribution >= 0.6 is 0 Å². The van der Waals surface area contributed by atoms with Gasteiger partial charge in [0.15, 0.2) is 5.78 Å². The third-order valence-electron chi connectivity index (χ3n) is 4.67. The number of hydrogen-bond acceptors (Lipinski definition) is 3. The number of Topliss-reactive ketones (excluding diaryl/α,β-unsaturated/α-hetero) is 1. The van der Waals surface area contributed by atoms with E-state index >= 15 is 0 Å². The van der Waals surface area contributed by atoms with Crippen LogP contribution < -0.4 is 10.6 Å². The van der Waals surface area contributed by atoms with Crippen molar-refractivity contribution in [1.82, 2.24) is 0 Å². The maximum atomic E-state index is 12.6. The Morgan fingerprint density at radius 1 is 0.957 bits per heavy atom. The summed E-state index contributed by atoms with van der Waals surface area (Å²) in [5.74, 6) is 0.254. The molecule has 0 radical (unpaired) electrons. The molecule has 0 fully saturated rings. The lowest BCUT2D eigenvalue weighted by molar-refractivity contribution is -0.116. The molecule has 2 N–H and O–H groups in total. The molecule has 0 amide bonds. The van der Waals surface area contributed by atoms with Crippen LogP contribution in [-0.2, 0) is 4.79 Å². The zero-order chi connectivity index (χ0) is 15.8. The van der Waals surface area contributed by atoms with Gasteiger partial charge in [-0.05, 0) is 37.5 Å². The van der Waals surface area contributed by atoms with Gasteiger partial charge in [-0.15, -0.1) is 0 Å². The van der Waals surface area contributed by atoms with Crippen LogP contribution in [0.2, 0.25) is 0 Å². The number of ketones is 1. The fraction of sp³-hybridized carbons (Fsp3) is 0.250. The summed E-state index contributed by atoms with van der Waals surface area (Å²) in [5, 5.41) is 7.08. The number of anilines is 2. The zero-order valence-electron chi connectivity index (χ0n) is 13.2. The normalized spacial score (nSPS) is 20.0. The Balaban J connectivity index is 1.86. The predicted molar refractivity (Wildman–Crippen MR) is 93.5 cm³/mol. The highest BCUT2D eigenvalue weighted by atomic mass is 16.1. The average Bonchev–Trinajstić information content (AvgIpc) is 2.73. The quantitative estimate of drug-likeness (QED) is 0.810. The van der Waals surface area contributed by atoms with Crippen molar-refractivity contribution in [1.29, 1.82) is 0 Å². The molecule has 1 unspecified atom stereocenters. The summed E-state index contributed by atoms with van der Waals surface area (Å²) >= 11 is 0. The first kappa shape index (κ1) is 14.1. The maximum Gasteiger partial charge on any atom is 0.163 e. The van der Waals surface area contributed by atoms with Crippen LogP contribution in [0.25, 0.3) is 0 Å². The van der Waals surface area contributed by atoms with Gasteiger partial charge >= 0.3 is 0 Å². The molecule has 0 aromatic heterocycles. The van der Waals surface area contributed by atoms with Crippen molar-refractivity contribution in [2.45, 2.75) is 32.2 Å². The molecular formula is C20H20N2O. The average molecular weight is 304 g/mol. The first-order valence-corrected chi connectivity index (χ1v) is 8.18. The smallest absolute Gasteiger partial charge is 0.163 e. The summed E-state index contributed by atoms with van der Waals surface area (Å²) in [7, 11) is 0. The van der Waals surface area contributed by atoms with Gasteiger partial charge in [0.05, 0.1) is 17.4 Å². The van der Waals surface area contributed by atoms with Crippen molar-refractivity contribution < 1.29 is 4.79 Å². The standard InChI is InChI=1S/C20H20N2O/c1-13-9-11-14(12-10-13)20-19-17(7-4-8-18(19)23)21-15-5-2-3-6-16(15)22-20/h2-3,5-6,9-12,20-22H,4,7-8H2,1H3. The number of nitrogens with one attached hydrogen (secondary N) is 2. The Morgan fingerprint density at radius 2 is 1.70 bits per heavy atom. The first-order chi connectivity index (χ1) is 11.2. The predicted octanol–water partition coefficient (Wildman–Crippen LogP) is 4.58. The Labute approximate surface area is 136 Å². The molecule has 0 spiro atoms. The van der Waals surface area contributed by atoms with Gasteiger partial charge in [-0.2, -0.15) is 0 Å². The van der Waals surface area contributed by atoms with Crippen molar-refractivity contribution in [2.75, 3.05) is 10.6 Å². The highest BCUT2D eigenvalue weighted by Gasteiger charge is 2.31. The van der Waals surface area contributed by atoms with Crippen LogP contribution in [0.3, 0.4) is 0 Å². The number of para-hydroxylation sites is 2. The van der Waals surface area contributed by atoms with E-state index in [4.69, 9.17) is 0 Å². The molecule has 2 aliphatic rings. The largest absolute Gasteiger partial charge is 0.372 e. The fourth-order valence-corrected chi connectivity index (χ4v) is 3.45. The van der Waals surface area contributed by atoms with Crippen LogP contribution in [0, 0.1) is 6.92 Å². The molecule has 23 heavy (non-hydrogen) atoms. The maximum absolute atomic E-state index is 12.6. The number of hydrogen-bond donors (Lipinski definition) is 2. The van der Waals surface area contributed by atoms with Crippen molar-refractivity contribution >= 4 is 17.2 Å². The highest BCUT2D eigenvalue weighted by molar-refractivity contribution is 6.00. The van der Waals surface area contributed by atoms with Gasteiger partial charge < -0.3 is 10.6 Å². The third kappa shape index (κ3) is 2.52. The SMILES string of the molecule is Cc1ccc(C2Nc3ccccc3NC3=C2C(=O)CCC3)cc1. The minimum atomic E-state index is -0.0884. The highest BCUT2D eigenvalue weighted by Crippen LogP contribution is 2.40. The second kappa shape index (κ2) is 5.58. The number of allylic oxidation sites excluding steroid dienone is 1. The van der Waals surface area contributed by atoms with E-state index in [2.05, 4.69) is 54.0 Å². The minimum absolute atomic E-state index is 0.0884. The Morgan fingerprint density at radius 3 is 2.48 bits per heavy atom. The zero-order valence-corrected chi connectivity index (χ0v) is 13.2. The number of benzene rings is 2.